The van der Waals surface area contributed by atoms with E-state index < -0.39 is 0 Å². The Labute approximate surface area is 345 Å². The van der Waals surface area contributed by atoms with Crippen molar-refractivity contribution in [3.05, 3.63) is 83.1 Å². The minimum atomic E-state index is 0.345. The van der Waals surface area contributed by atoms with E-state index in [0.717, 1.165) is 48.3 Å². The molecule has 0 aromatic carbocycles. The number of carbonyl (C=O) groups is 1. The SMILES string of the molecule is C=C1/C(=C/C=C2\CCC[C@]3(C)C([C@H](C)/C=C/C(=O)C4CC4)CC[C@@H]23)C[C@@H](C)C[C@@H]1C.C[C@H](/C=C/CC1CC1)[C@H]1CC[C@H]2/C(=C/C=C3CCCCC3)CCC[C@]12C. The van der Waals surface area contributed by atoms with Crippen molar-refractivity contribution in [1.29, 1.82) is 0 Å². The zero-order valence-corrected chi connectivity index (χ0v) is 37.1. The summed E-state index contributed by atoms with van der Waals surface area (Å²) in [5, 5.41) is 0. The Kier molecular flexibility index (Phi) is 13.8. The number of hydrogen-bond acceptors (Lipinski definition) is 1. The van der Waals surface area contributed by atoms with Crippen molar-refractivity contribution in [2.24, 2.45) is 70.0 Å². The van der Waals surface area contributed by atoms with Crippen molar-refractivity contribution in [3.63, 3.8) is 0 Å². The summed E-state index contributed by atoms with van der Waals surface area (Å²) in [5.41, 5.74) is 9.01. The second-order valence-electron chi connectivity index (χ2n) is 21.6. The number of fused-ring (bicyclic) bond motifs is 2. The highest BCUT2D eigenvalue weighted by Crippen LogP contribution is 2.61. The molecule has 8 fully saturated rings. The first-order valence-electron chi connectivity index (χ1n) is 24.3. The van der Waals surface area contributed by atoms with E-state index in [1.807, 2.05) is 6.08 Å². The summed E-state index contributed by atoms with van der Waals surface area (Å²) in [6.45, 7) is 19.2. The smallest absolute Gasteiger partial charge is 0.158 e. The van der Waals surface area contributed by atoms with Gasteiger partial charge in [-0.2, -0.15) is 0 Å². The fraction of sp³-hybridized carbons (Fsp3) is 0.727. The molecule has 56 heavy (non-hydrogen) atoms. The highest BCUT2D eigenvalue weighted by Gasteiger charge is 2.51. The molecule has 0 saturated heterocycles. The molecule has 0 heterocycles. The molecule has 10 atom stereocenters. The average molecular weight is 759 g/mol. The van der Waals surface area contributed by atoms with Crippen molar-refractivity contribution in [1.82, 2.24) is 0 Å². The summed E-state index contributed by atoms with van der Waals surface area (Å²) in [6.07, 6.45) is 48.9. The van der Waals surface area contributed by atoms with Gasteiger partial charge in [0.05, 0.1) is 0 Å². The Hall–Kier alpha value is -2.15. The molecule has 8 saturated carbocycles. The number of carbonyl (C=O) groups excluding carboxylic acids is 1. The van der Waals surface area contributed by atoms with E-state index >= 15 is 0 Å². The molecule has 0 aliphatic heterocycles. The maximum Gasteiger partial charge on any atom is 0.158 e. The molecule has 308 valence electrons. The lowest BCUT2D eigenvalue weighted by Crippen LogP contribution is -2.35. The zero-order valence-electron chi connectivity index (χ0n) is 37.1. The van der Waals surface area contributed by atoms with Crippen LogP contribution < -0.4 is 0 Å². The third kappa shape index (κ3) is 9.82. The molecule has 0 N–H and O–H groups in total. The summed E-state index contributed by atoms with van der Waals surface area (Å²) < 4.78 is 0. The molecular weight excluding hydrogens is 677 g/mol. The summed E-state index contributed by atoms with van der Waals surface area (Å²) >= 11 is 0. The molecule has 1 nitrogen and oxygen atoms in total. The van der Waals surface area contributed by atoms with Crippen LogP contribution in [0.25, 0.3) is 0 Å². The van der Waals surface area contributed by atoms with E-state index in [-0.39, 0.29) is 0 Å². The number of ketones is 1. The molecule has 1 heteroatoms. The van der Waals surface area contributed by atoms with Gasteiger partial charge in [0, 0.05) is 5.92 Å². The van der Waals surface area contributed by atoms with E-state index in [2.05, 4.69) is 90.7 Å². The van der Waals surface area contributed by atoms with E-state index in [1.165, 1.54) is 140 Å². The highest BCUT2D eigenvalue weighted by atomic mass is 16.1. The third-order valence-corrected chi connectivity index (χ3v) is 17.4. The Morgan fingerprint density at radius 1 is 0.714 bits per heavy atom. The van der Waals surface area contributed by atoms with Crippen molar-refractivity contribution in [2.45, 2.75) is 183 Å². The van der Waals surface area contributed by atoms with Gasteiger partial charge in [-0.15, -0.1) is 0 Å². The van der Waals surface area contributed by atoms with Gasteiger partial charge in [-0.25, -0.2) is 0 Å². The fourth-order valence-electron chi connectivity index (χ4n) is 13.6. The van der Waals surface area contributed by atoms with Gasteiger partial charge >= 0.3 is 0 Å². The molecule has 0 aromatic rings. The number of allylic oxidation sites excluding steroid dienone is 13. The van der Waals surface area contributed by atoms with E-state index in [1.54, 1.807) is 16.7 Å². The molecular formula is C55H82O. The maximum absolute atomic E-state index is 12.1. The lowest BCUT2D eigenvalue weighted by Gasteiger charge is -2.44. The van der Waals surface area contributed by atoms with Gasteiger partial charge in [0.15, 0.2) is 5.78 Å². The lowest BCUT2D eigenvalue weighted by molar-refractivity contribution is -0.115. The lowest BCUT2D eigenvalue weighted by atomic mass is 9.61. The van der Waals surface area contributed by atoms with Crippen LogP contribution in [0, 0.1) is 70.0 Å². The number of hydrogen-bond donors (Lipinski definition) is 0. The Morgan fingerprint density at radius 3 is 1.89 bits per heavy atom. The van der Waals surface area contributed by atoms with Crippen LogP contribution in [0.15, 0.2) is 83.1 Å². The molecule has 8 rings (SSSR count). The third-order valence-electron chi connectivity index (χ3n) is 17.4. The van der Waals surface area contributed by atoms with Crippen LogP contribution in [-0.4, -0.2) is 5.78 Å². The van der Waals surface area contributed by atoms with Gasteiger partial charge in [0.1, 0.15) is 0 Å². The van der Waals surface area contributed by atoms with E-state index in [9.17, 15) is 4.79 Å². The fourth-order valence-corrected chi connectivity index (χ4v) is 13.6. The summed E-state index contributed by atoms with van der Waals surface area (Å²) in [5.74, 6) is 7.58. The summed E-state index contributed by atoms with van der Waals surface area (Å²) in [7, 11) is 0. The Morgan fingerprint density at radius 2 is 1.30 bits per heavy atom. The molecule has 0 aromatic heterocycles. The van der Waals surface area contributed by atoms with Gasteiger partial charge in [-0.05, 0) is 216 Å². The number of rotatable bonds is 10. The molecule has 0 radical (unpaired) electrons. The quantitative estimate of drug-likeness (QED) is 0.160. The van der Waals surface area contributed by atoms with Crippen LogP contribution in [-0.2, 0) is 4.79 Å². The predicted octanol–water partition coefficient (Wildman–Crippen LogP) is 15.9. The monoisotopic (exact) mass is 759 g/mol. The molecule has 0 bridgehead atoms. The van der Waals surface area contributed by atoms with Crippen LogP contribution in [0.4, 0.5) is 0 Å². The molecule has 8 aliphatic carbocycles. The van der Waals surface area contributed by atoms with Gasteiger partial charge in [0.25, 0.3) is 0 Å². The van der Waals surface area contributed by atoms with Crippen LogP contribution in [0.1, 0.15) is 183 Å². The first kappa shape index (κ1) is 42.0. The Balaban J connectivity index is 0.000000173. The zero-order chi connectivity index (χ0) is 39.5. The van der Waals surface area contributed by atoms with Crippen molar-refractivity contribution in [2.75, 3.05) is 0 Å². The first-order chi connectivity index (χ1) is 27.0. The van der Waals surface area contributed by atoms with Crippen LogP contribution in [0.2, 0.25) is 0 Å². The van der Waals surface area contributed by atoms with E-state index in [0.29, 0.717) is 40.3 Å². The highest BCUT2D eigenvalue weighted by molar-refractivity contribution is 5.93. The maximum atomic E-state index is 12.1. The normalized spacial score (nSPS) is 39.5. The second kappa shape index (κ2) is 18.4. The van der Waals surface area contributed by atoms with Gasteiger partial charge in [0.2, 0.25) is 0 Å². The second-order valence-corrected chi connectivity index (χ2v) is 21.6. The van der Waals surface area contributed by atoms with Gasteiger partial charge in [-0.1, -0.05) is 114 Å². The van der Waals surface area contributed by atoms with Crippen LogP contribution >= 0.6 is 0 Å². The Bertz CT molecular complexity index is 1580. The van der Waals surface area contributed by atoms with Gasteiger partial charge in [-0.3, -0.25) is 4.79 Å². The minimum absolute atomic E-state index is 0.345. The molecule has 8 aliphatic rings. The predicted molar refractivity (Wildman–Crippen MR) is 240 cm³/mol. The standard InChI is InChI=1S/C29H42O.C26H40/c1-19-17-21(3)22(4)25(18-19)12-9-23-7-6-16-29(5)26(13-14-27(23)29)20(2)8-15-28(30)24-10-11-24;1-20(8-6-11-22-13-14-22)24-17-18-25-23(12-7-19-26(24,25)2)16-15-21-9-4-3-5-10-21/h8-9,12,15,19-21,24,26-27H,4,6-7,10-11,13-14,16-18H2,1-3,5H3;6,8,15-16,20,22,24-25H,3-5,7,9-14,17-19H2,1-2H3/b15-8+,23-9+,25-12+;8-6+,23-16+/t19-,20+,21-,26?,27-,29+;20-,24-,25+,26-/m01/s1. The molecule has 1 unspecified atom stereocenters. The van der Waals surface area contributed by atoms with Crippen LogP contribution in [0.3, 0.4) is 0 Å². The molecule has 0 spiro atoms. The first-order valence-corrected chi connectivity index (χ1v) is 24.3. The van der Waals surface area contributed by atoms with E-state index in [4.69, 9.17) is 0 Å². The van der Waals surface area contributed by atoms with Gasteiger partial charge < -0.3 is 0 Å². The van der Waals surface area contributed by atoms with Crippen molar-refractivity contribution >= 4 is 5.78 Å². The largest absolute Gasteiger partial charge is 0.295 e. The van der Waals surface area contributed by atoms with Crippen LogP contribution in [0.5, 0.6) is 0 Å². The van der Waals surface area contributed by atoms with Crippen molar-refractivity contribution < 1.29 is 4.79 Å². The summed E-state index contributed by atoms with van der Waals surface area (Å²) in [6, 6.07) is 0. The minimum Gasteiger partial charge on any atom is -0.295 e. The molecule has 0 amide bonds. The summed E-state index contributed by atoms with van der Waals surface area (Å²) in [4.78, 5) is 12.1. The average Bonchev–Trinajstić information content (AvgIpc) is 4.13. The topological polar surface area (TPSA) is 17.1 Å². The van der Waals surface area contributed by atoms with Crippen molar-refractivity contribution in [3.8, 4) is 0 Å².